The Labute approximate surface area is 171 Å². The lowest BCUT2D eigenvalue weighted by Crippen LogP contribution is -2.34. The molecule has 1 rings (SSSR count). The van der Waals surface area contributed by atoms with E-state index in [-0.39, 0.29) is 18.5 Å². The first-order valence-electron chi connectivity index (χ1n) is 10.0. The Bertz CT molecular complexity index is 510. The maximum absolute atomic E-state index is 12.2. The Morgan fingerprint density at radius 1 is 1.07 bits per heavy atom. The molecule has 27 heavy (non-hydrogen) atoms. The third-order valence-corrected chi connectivity index (χ3v) is 4.35. The summed E-state index contributed by atoms with van der Waals surface area (Å²) < 4.78 is 11.3. The minimum atomic E-state index is -0.441. The number of carbonyl (C=O) groups excluding carboxylic acids is 1. The zero-order chi connectivity index (χ0) is 19.2. The molecule has 0 aliphatic rings. The van der Waals surface area contributed by atoms with Crippen molar-refractivity contribution in [1.82, 2.24) is 4.90 Å². The van der Waals surface area contributed by atoms with Crippen LogP contribution in [0.4, 0.5) is 10.5 Å². The maximum atomic E-state index is 12.2. The van der Waals surface area contributed by atoms with Crippen LogP contribution in [0.1, 0.15) is 59.8 Å². The highest BCUT2D eigenvalue weighted by atomic mass is 35.5. The average Bonchev–Trinajstić information content (AvgIpc) is 2.63. The Kier molecular flexibility index (Phi) is 14.7. The molecule has 1 aromatic carbocycles. The molecule has 0 aromatic heterocycles. The van der Waals surface area contributed by atoms with Crippen LogP contribution in [-0.2, 0) is 4.74 Å². The summed E-state index contributed by atoms with van der Waals surface area (Å²) in [5, 5.41) is 2.81. The van der Waals surface area contributed by atoms with Crippen molar-refractivity contribution < 1.29 is 14.3 Å². The fourth-order valence-electron chi connectivity index (χ4n) is 2.79. The monoisotopic (exact) mass is 400 g/mol. The summed E-state index contributed by atoms with van der Waals surface area (Å²) in [5.74, 6) is 0.691. The zero-order valence-electron chi connectivity index (χ0n) is 17.3. The molecule has 5 nitrogen and oxygen atoms in total. The van der Waals surface area contributed by atoms with Gasteiger partial charge in [-0.25, -0.2) is 4.79 Å². The number of hydrogen-bond acceptors (Lipinski definition) is 4. The van der Waals surface area contributed by atoms with Gasteiger partial charge in [-0.2, -0.15) is 0 Å². The van der Waals surface area contributed by atoms with Gasteiger partial charge >= 0.3 is 6.09 Å². The van der Waals surface area contributed by atoms with E-state index in [9.17, 15) is 4.79 Å². The number of unbranched alkanes of at least 4 members (excludes halogenated alkanes) is 4. The van der Waals surface area contributed by atoms with E-state index >= 15 is 0 Å². The molecule has 6 heteroatoms. The van der Waals surface area contributed by atoms with Crippen molar-refractivity contribution in [2.24, 2.45) is 0 Å². The van der Waals surface area contributed by atoms with Crippen LogP contribution in [-0.4, -0.2) is 43.3 Å². The highest BCUT2D eigenvalue weighted by molar-refractivity contribution is 5.86. The molecule has 0 bridgehead atoms. The third-order valence-electron chi connectivity index (χ3n) is 4.35. The van der Waals surface area contributed by atoms with Crippen LogP contribution in [0.5, 0.6) is 5.75 Å². The first-order valence-corrected chi connectivity index (χ1v) is 10.0. The van der Waals surface area contributed by atoms with E-state index in [2.05, 4.69) is 31.0 Å². The number of anilines is 1. The first kappa shape index (κ1) is 25.5. The standard InChI is InChI=1S/C21H36N2O3.ClH/c1-5-8-9-10-13-16-25-20-15-12-11-14-19(20)22-21(24)26-18(4)17-23(6-2)7-3;/h11-12,14-15,18H,5-10,13,16-17H2,1-4H3,(H,22,24);1H. The van der Waals surface area contributed by atoms with E-state index in [1.54, 1.807) is 0 Å². The maximum Gasteiger partial charge on any atom is 0.412 e. The summed E-state index contributed by atoms with van der Waals surface area (Å²) in [4.78, 5) is 14.4. The number of halogens is 1. The number of carbonyl (C=O) groups is 1. The molecule has 1 aromatic rings. The quantitative estimate of drug-likeness (QED) is 0.429. The van der Waals surface area contributed by atoms with Gasteiger partial charge in [-0.05, 0) is 38.6 Å². The van der Waals surface area contributed by atoms with Crippen molar-refractivity contribution in [2.45, 2.75) is 65.9 Å². The molecule has 0 spiro atoms. The predicted molar refractivity (Wildman–Crippen MR) is 115 cm³/mol. The number of para-hydroxylation sites is 2. The molecular weight excluding hydrogens is 364 g/mol. The van der Waals surface area contributed by atoms with Gasteiger partial charge < -0.3 is 14.4 Å². The topological polar surface area (TPSA) is 50.8 Å². The van der Waals surface area contributed by atoms with Gasteiger partial charge in [0, 0.05) is 6.54 Å². The fourth-order valence-corrected chi connectivity index (χ4v) is 2.79. The molecule has 0 heterocycles. The van der Waals surface area contributed by atoms with Crippen LogP contribution in [0.3, 0.4) is 0 Å². The second kappa shape index (κ2) is 15.6. The van der Waals surface area contributed by atoms with Gasteiger partial charge in [-0.3, -0.25) is 5.32 Å². The molecular formula is C21H37ClN2O3. The second-order valence-electron chi connectivity index (χ2n) is 6.59. The Morgan fingerprint density at radius 2 is 1.74 bits per heavy atom. The molecule has 1 N–H and O–H groups in total. The lowest BCUT2D eigenvalue weighted by molar-refractivity contribution is 0.0928. The number of benzene rings is 1. The average molecular weight is 401 g/mol. The van der Waals surface area contributed by atoms with Gasteiger partial charge in [0.1, 0.15) is 11.9 Å². The minimum absolute atomic E-state index is 0. The Morgan fingerprint density at radius 3 is 2.41 bits per heavy atom. The van der Waals surface area contributed by atoms with E-state index < -0.39 is 6.09 Å². The molecule has 1 amide bonds. The van der Waals surface area contributed by atoms with Crippen LogP contribution in [0.2, 0.25) is 0 Å². The summed E-state index contributed by atoms with van der Waals surface area (Å²) in [7, 11) is 0. The second-order valence-corrected chi connectivity index (χ2v) is 6.59. The van der Waals surface area contributed by atoms with Crippen LogP contribution in [0.15, 0.2) is 24.3 Å². The highest BCUT2D eigenvalue weighted by Crippen LogP contribution is 2.24. The van der Waals surface area contributed by atoms with E-state index in [4.69, 9.17) is 9.47 Å². The molecule has 0 fully saturated rings. The van der Waals surface area contributed by atoms with E-state index in [1.165, 1.54) is 25.7 Å². The number of likely N-dealkylation sites (N-methyl/N-ethyl adjacent to an activating group) is 1. The minimum Gasteiger partial charge on any atom is -0.491 e. The van der Waals surface area contributed by atoms with E-state index in [0.29, 0.717) is 18.0 Å². The number of ether oxygens (including phenoxy) is 2. The van der Waals surface area contributed by atoms with Crippen molar-refractivity contribution in [3.05, 3.63) is 24.3 Å². The van der Waals surface area contributed by atoms with Crippen molar-refractivity contribution in [1.29, 1.82) is 0 Å². The summed E-state index contributed by atoms with van der Waals surface area (Å²) in [6.07, 6.45) is 5.35. The number of amides is 1. The molecule has 0 saturated carbocycles. The van der Waals surface area contributed by atoms with Crippen LogP contribution in [0.25, 0.3) is 0 Å². The van der Waals surface area contributed by atoms with Crippen molar-refractivity contribution in [2.75, 3.05) is 31.6 Å². The lowest BCUT2D eigenvalue weighted by atomic mass is 10.2. The molecule has 1 atom stereocenters. The predicted octanol–water partition coefficient (Wildman–Crippen LogP) is 5.74. The molecule has 1 unspecified atom stereocenters. The van der Waals surface area contributed by atoms with Gasteiger partial charge in [0.2, 0.25) is 0 Å². The van der Waals surface area contributed by atoms with E-state index in [0.717, 1.165) is 26.1 Å². The van der Waals surface area contributed by atoms with Gasteiger partial charge in [0.15, 0.2) is 0 Å². The van der Waals surface area contributed by atoms with Gasteiger partial charge in [0.05, 0.1) is 12.3 Å². The van der Waals surface area contributed by atoms with Crippen LogP contribution < -0.4 is 10.1 Å². The Hall–Kier alpha value is -1.46. The summed E-state index contributed by atoms with van der Waals surface area (Å²) in [6, 6.07) is 7.50. The Balaban J connectivity index is 0.00000676. The molecule has 0 saturated heterocycles. The normalized spacial score (nSPS) is 11.6. The van der Waals surface area contributed by atoms with Crippen molar-refractivity contribution in [3.8, 4) is 5.75 Å². The molecule has 0 aliphatic heterocycles. The van der Waals surface area contributed by atoms with Crippen molar-refractivity contribution in [3.63, 3.8) is 0 Å². The SMILES string of the molecule is CCCCCCCOc1ccccc1NC(=O)OC(C)CN(CC)CC.Cl. The third kappa shape index (κ3) is 11.1. The summed E-state index contributed by atoms with van der Waals surface area (Å²) >= 11 is 0. The van der Waals surface area contributed by atoms with Crippen molar-refractivity contribution >= 4 is 24.2 Å². The summed E-state index contributed by atoms with van der Waals surface area (Å²) in [5.41, 5.74) is 0.654. The highest BCUT2D eigenvalue weighted by Gasteiger charge is 2.14. The van der Waals surface area contributed by atoms with Gasteiger partial charge in [-0.15, -0.1) is 12.4 Å². The van der Waals surface area contributed by atoms with Crippen LogP contribution >= 0.6 is 12.4 Å². The molecule has 0 aliphatic carbocycles. The fraction of sp³-hybridized carbons (Fsp3) is 0.667. The molecule has 0 radical (unpaired) electrons. The van der Waals surface area contributed by atoms with Crippen LogP contribution in [0, 0.1) is 0 Å². The largest absolute Gasteiger partial charge is 0.491 e. The number of rotatable bonds is 13. The lowest BCUT2D eigenvalue weighted by Gasteiger charge is -2.23. The van der Waals surface area contributed by atoms with E-state index in [1.807, 2.05) is 31.2 Å². The van der Waals surface area contributed by atoms with Gasteiger partial charge in [0.25, 0.3) is 0 Å². The number of nitrogens with one attached hydrogen (secondary N) is 1. The number of hydrogen-bond donors (Lipinski definition) is 1. The summed E-state index contributed by atoms with van der Waals surface area (Å²) in [6.45, 7) is 11.6. The number of nitrogens with zero attached hydrogens (tertiary/aromatic N) is 1. The zero-order valence-corrected chi connectivity index (χ0v) is 18.1. The van der Waals surface area contributed by atoms with Gasteiger partial charge in [-0.1, -0.05) is 58.6 Å². The smallest absolute Gasteiger partial charge is 0.412 e. The molecule has 156 valence electrons. The first-order chi connectivity index (χ1) is 12.6.